The van der Waals surface area contributed by atoms with Crippen molar-refractivity contribution in [1.29, 1.82) is 0 Å². The Bertz CT molecular complexity index is 578. The van der Waals surface area contributed by atoms with Gasteiger partial charge in [0.2, 0.25) is 0 Å². The minimum atomic E-state index is -0.0317. The number of hydrogen-bond donors (Lipinski definition) is 1. The summed E-state index contributed by atoms with van der Waals surface area (Å²) in [7, 11) is 0. The highest BCUT2D eigenvalue weighted by Gasteiger charge is 2.13. The Hall–Kier alpha value is -1.55. The van der Waals surface area contributed by atoms with Gasteiger partial charge >= 0.3 is 0 Å². The molecule has 1 aromatic heterocycles. The fourth-order valence-electron chi connectivity index (χ4n) is 2.04. The molecule has 0 aliphatic heterocycles. The van der Waals surface area contributed by atoms with Gasteiger partial charge in [0, 0.05) is 22.5 Å². The Balaban J connectivity index is 1.92. The second kappa shape index (κ2) is 6.75. The molecule has 0 spiro atoms. The van der Waals surface area contributed by atoms with Gasteiger partial charge < -0.3 is 9.73 Å². The van der Waals surface area contributed by atoms with Crippen LogP contribution in [0.3, 0.4) is 0 Å². The molecule has 20 heavy (non-hydrogen) atoms. The van der Waals surface area contributed by atoms with Crippen LogP contribution in [0.5, 0.6) is 0 Å². The molecule has 2 rings (SSSR count). The van der Waals surface area contributed by atoms with Gasteiger partial charge in [-0.1, -0.05) is 22.0 Å². The molecule has 0 bridgehead atoms. The normalized spacial score (nSPS) is 12.2. The molecule has 0 aliphatic carbocycles. The van der Waals surface area contributed by atoms with Crippen molar-refractivity contribution >= 4 is 21.8 Å². The fourth-order valence-corrected chi connectivity index (χ4v) is 2.41. The molecule has 1 N–H and O–H groups in total. The molecule has 0 saturated carbocycles. The number of benzene rings is 1. The average Bonchev–Trinajstić information content (AvgIpc) is 2.92. The Kier molecular flexibility index (Phi) is 5.01. The Morgan fingerprint density at radius 1 is 1.35 bits per heavy atom. The lowest BCUT2D eigenvalue weighted by Gasteiger charge is -2.14. The number of furan rings is 1. The summed E-state index contributed by atoms with van der Waals surface area (Å²) in [6.07, 6.45) is 3.35. The molecule has 0 radical (unpaired) electrons. The van der Waals surface area contributed by atoms with Crippen molar-refractivity contribution < 1.29 is 9.21 Å². The molecule has 1 heterocycles. The molecule has 1 amide bonds. The number of halogens is 1. The minimum absolute atomic E-state index is 0.0317. The third-order valence-electron chi connectivity index (χ3n) is 3.29. The van der Waals surface area contributed by atoms with E-state index in [1.807, 2.05) is 44.2 Å². The maximum Gasteiger partial charge on any atom is 0.251 e. The summed E-state index contributed by atoms with van der Waals surface area (Å²) in [6, 6.07) is 9.59. The lowest BCUT2D eigenvalue weighted by Crippen LogP contribution is -2.33. The molecule has 1 unspecified atom stereocenters. The number of carbonyl (C=O) groups excluding carboxylic acids is 1. The number of nitrogens with one attached hydrogen (secondary N) is 1. The summed E-state index contributed by atoms with van der Waals surface area (Å²) in [5.74, 6) is 0.917. The van der Waals surface area contributed by atoms with E-state index >= 15 is 0 Å². The van der Waals surface area contributed by atoms with Gasteiger partial charge in [0.15, 0.2) is 0 Å². The average molecular weight is 336 g/mol. The summed E-state index contributed by atoms with van der Waals surface area (Å²) in [5, 5.41) is 3.03. The first-order valence-electron chi connectivity index (χ1n) is 6.66. The molecule has 3 nitrogen and oxygen atoms in total. The van der Waals surface area contributed by atoms with E-state index in [0.29, 0.717) is 5.56 Å². The van der Waals surface area contributed by atoms with E-state index in [1.54, 1.807) is 6.26 Å². The molecule has 0 fully saturated rings. The van der Waals surface area contributed by atoms with E-state index < -0.39 is 0 Å². The van der Waals surface area contributed by atoms with Crippen molar-refractivity contribution in [2.24, 2.45) is 0 Å². The van der Waals surface area contributed by atoms with Gasteiger partial charge in [0.1, 0.15) is 5.76 Å². The van der Waals surface area contributed by atoms with Crippen molar-refractivity contribution in [3.8, 4) is 0 Å². The van der Waals surface area contributed by atoms with Crippen molar-refractivity contribution in [1.82, 2.24) is 5.32 Å². The smallest absolute Gasteiger partial charge is 0.251 e. The summed E-state index contributed by atoms with van der Waals surface area (Å²) in [6.45, 7) is 3.95. The molecule has 1 atom stereocenters. The maximum atomic E-state index is 12.2. The van der Waals surface area contributed by atoms with Gasteiger partial charge in [0.25, 0.3) is 5.91 Å². The highest BCUT2D eigenvalue weighted by molar-refractivity contribution is 9.10. The number of carbonyl (C=O) groups is 1. The number of rotatable bonds is 5. The maximum absolute atomic E-state index is 12.2. The first-order valence-corrected chi connectivity index (χ1v) is 7.45. The van der Waals surface area contributed by atoms with Crippen LogP contribution in [0.4, 0.5) is 0 Å². The third kappa shape index (κ3) is 3.73. The van der Waals surface area contributed by atoms with Gasteiger partial charge in [-0.2, -0.15) is 0 Å². The molecule has 0 saturated heterocycles. The zero-order valence-corrected chi connectivity index (χ0v) is 13.2. The van der Waals surface area contributed by atoms with Gasteiger partial charge in [-0.3, -0.25) is 4.79 Å². The number of hydrogen-bond acceptors (Lipinski definition) is 2. The molecule has 0 aliphatic rings. The van der Waals surface area contributed by atoms with Crippen LogP contribution >= 0.6 is 15.9 Å². The number of amides is 1. The molecular formula is C16H18BrNO2. The summed E-state index contributed by atoms with van der Waals surface area (Å²) in [4.78, 5) is 12.2. The zero-order valence-electron chi connectivity index (χ0n) is 11.7. The van der Waals surface area contributed by atoms with Crippen molar-refractivity contribution in [3.05, 3.63) is 58.0 Å². The predicted molar refractivity (Wildman–Crippen MR) is 82.8 cm³/mol. The van der Waals surface area contributed by atoms with Crippen LogP contribution in [-0.2, 0) is 6.42 Å². The lowest BCUT2D eigenvalue weighted by molar-refractivity contribution is 0.0937. The lowest BCUT2D eigenvalue weighted by atomic mass is 10.1. The zero-order chi connectivity index (χ0) is 14.5. The Morgan fingerprint density at radius 2 is 2.15 bits per heavy atom. The summed E-state index contributed by atoms with van der Waals surface area (Å²) >= 11 is 3.45. The standard InChI is InChI=1S/C16H18BrNO2/c1-11(8-9-13-5-4-10-20-13)18-16(19)14-6-3-7-15(17)12(14)2/h3-7,10-11H,8-9H2,1-2H3,(H,18,19). The van der Waals surface area contributed by atoms with Crippen LogP contribution in [0, 0.1) is 6.92 Å². The molecule has 1 aromatic carbocycles. The van der Waals surface area contributed by atoms with Crippen molar-refractivity contribution in [2.75, 3.05) is 0 Å². The molecule has 106 valence electrons. The van der Waals surface area contributed by atoms with E-state index in [9.17, 15) is 4.79 Å². The van der Waals surface area contributed by atoms with Crippen LogP contribution in [-0.4, -0.2) is 11.9 Å². The van der Waals surface area contributed by atoms with Crippen molar-refractivity contribution in [3.63, 3.8) is 0 Å². The van der Waals surface area contributed by atoms with Gasteiger partial charge in [-0.25, -0.2) is 0 Å². The molecule has 4 heteroatoms. The summed E-state index contributed by atoms with van der Waals surface area (Å²) < 4.78 is 6.24. The van der Waals surface area contributed by atoms with E-state index in [-0.39, 0.29) is 11.9 Å². The molecule has 2 aromatic rings. The second-order valence-electron chi connectivity index (χ2n) is 4.90. The van der Waals surface area contributed by atoms with E-state index in [0.717, 1.165) is 28.6 Å². The largest absolute Gasteiger partial charge is 0.469 e. The highest BCUT2D eigenvalue weighted by Crippen LogP contribution is 2.19. The number of aryl methyl sites for hydroxylation is 1. The Labute approximate surface area is 127 Å². The molecular weight excluding hydrogens is 318 g/mol. The van der Waals surface area contributed by atoms with E-state index in [2.05, 4.69) is 21.2 Å². The Morgan fingerprint density at radius 3 is 2.85 bits per heavy atom. The van der Waals surface area contributed by atoms with E-state index in [4.69, 9.17) is 4.42 Å². The van der Waals surface area contributed by atoms with Crippen LogP contribution in [0.2, 0.25) is 0 Å². The monoisotopic (exact) mass is 335 g/mol. The van der Waals surface area contributed by atoms with Crippen LogP contribution in [0.1, 0.15) is 35.0 Å². The van der Waals surface area contributed by atoms with Crippen LogP contribution in [0.25, 0.3) is 0 Å². The fraction of sp³-hybridized carbons (Fsp3) is 0.312. The first-order chi connectivity index (χ1) is 9.58. The van der Waals surface area contributed by atoms with Gasteiger partial charge in [-0.15, -0.1) is 0 Å². The van der Waals surface area contributed by atoms with Crippen LogP contribution < -0.4 is 5.32 Å². The van der Waals surface area contributed by atoms with Crippen molar-refractivity contribution in [2.45, 2.75) is 32.7 Å². The topological polar surface area (TPSA) is 42.2 Å². The van der Waals surface area contributed by atoms with Gasteiger partial charge in [-0.05, 0) is 50.1 Å². The SMILES string of the molecule is Cc1c(Br)cccc1C(=O)NC(C)CCc1ccco1. The van der Waals surface area contributed by atoms with E-state index in [1.165, 1.54) is 0 Å². The van der Waals surface area contributed by atoms with Gasteiger partial charge in [0.05, 0.1) is 6.26 Å². The summed E-state index contributed by atoms with van der Waals surface area (Å²) in [5.41, 5.74) is 1.67. The minimum Gasteiger partial charge on any atom is -0.469 e. The van der Waals surface area contributed by atoms with Crippen LogP contribution in [0.15, 0.2) is 45.5 Å². The quantitative estimate of drug-likeness (QED) is 0.893. The third-order valence-corrected chi connectivity index (χ3v) is 4.15. The highest BCUT2D eigenvalue weighted by atomic mass is 79.9. The second-order valence-corrected chi connectivity index (χ2v) is 5.76. The predicted octanol–water partition coefficient (Wildman–Crippen LogP) is 4.10. The first kappa shape index (κ1) is 14.9.